The number of esters is 1. The maximum Gasteiger partial charge on any atom is 0.305 e. The van der Waals surface area contributed by atoms with Crippen LogP contribution in [0.2, 0.25) is 0 Å². The molecule has 2 aliphatic heterocycles. The average molecular weight is 365 g/mol. The lowest BCUT2D eigenvalue weighted by Gasteiger charge is -2.13. The molecule has 8 heteroatoms. The summed E-state index contributed by atoms with van der Waals surface area (Å²) >= 11 is 6.52. The molecule has 0 aliphatic carbocycles. The number of rotatable bonds is 5. The first-order valence-corrected chi connectivity index (χ1v) is 8.53. The summed E-state index contributed by atoms with van der Waals surface area (Å²) in [5.74, 6) is 0.920. The fourth-order valence-corrected chi connectivity index (χ4v) is 3.64. The van der Waals surface area contributed by atoms with E-state index in [2.05, 4.69) is 4.74 Å². The third-order valence-electron chi connectivity index (χ3n) is 3.56. The molecule has 0 aromatic heterocycles. The first-order valence-electron chi connectivity index (χ1n) is 7.30. The lowest BCUT2D eigenvalue weighted by molar-refractivity contribution is -0.141. The maximum atomic E-state index is 12.5. The van der Waals surface area contributed by atoms with Gasteiger partial charge in [0.1, 0.15) is 4.32 Å². The van der Waals surface area contributed by atoms with Gasteiger partial charge in [-0.05, 0) is 30.2 Å². The molecule has 2 heterocycles. The smallest absolute Gasteiger partial charge is 0.305 e. The van der Waals surface area contributed by atoms with Crippen LogP contribution in [0.15, 0.2) is 23.1 Å². The minimum absolute atomic E-state index is 0.146. The van der Waals surface area contributed by atoms with Gasteiger partial charge in [0.25, 0.3) is 5.91 Å². The maximum absolute atomic E-state index is 12.5. The topological polar surface area (TPSA) is 65.1 Å². The highest BCUT2D eigenvalue weighted by Crippen LogP contribution is 2.36. The van der Waals surface area contributed by atoms with Gasteiger partial charge in [-0.15, -0.1) is 0 Å². The number of carbonyl (C=O) groups excluding carboxylic acids is 2. The number of amides is 1. The quantitative estimate of drug-likeness (QED) is 0.451. The zero-order valence-corrected chi connectivity index (χ0v) is 14.6. The molecule has 1 aromatic carbocycles. The summed E-state index contributed by atoms with van der Waals surface area (Å²) in [4.78, 5) is 25.7. The third-order valence-corrected chi connectivity index (χ3v) is 4.94. The van der Waals surface area contributed by atoms with Crippen LogP contribution in [0, 0.1) is 0 Å². The molecule has 24 heavy (non-hydrogen) atoms. The van der Waals surface area contributed by atoms with Crippen LogP contribution in [0.1, 0.15) is 18.4 Å². The Labute approximate surface area is 148 Å². The van der Waals surface area contributed by atoms with Gasteiger partial charge in [-0.25, -0.2) is 0 Å². The molecule has 0 radical (unpaired) electrons. The molecule has 1 fully saturated rings. The van der Waals surface area contributed by atoms with Crippen molar-refractivity contribution in [1.29, 1.82) is 0 Å². The van der Waals surface area contributed by atoms with Crippen LogP contribution in [0.3, 0.4) is 0 Å². The van der Waals surface area contributed by atoms with Crippen molar-refractivity contribution in [2.75, 3.05) is 20.4 Å². The van der Waals surface area contributed by atoms with Crippen LogP contribution in [-0.4, -0.2) is 41.5 Å². The Morgan fingerprint density at radius 2 is 2.21 bits per heavy atom. The highest BCUT2D eigenvalue weighted by Gasteiger charge is 2.31. The lowest BCUT2D eigenvalue weighted by Crippen LogP contribution is -2.29. The molecular weight excluding hydrogens is 350 g/mol. The van der Waals surface area contributed by atoms with Crippen molar-refractivity contribution in [2.45, 2.75) is 12.8 Å². The zero-order chi connectivity index (χ0) is 17.1. The van der Waals surface area contributed by atoms with Gasteiger partial charge in [0.05, 0.1) is 12.0 Å². The predicted molar refractivity (Wildman–Crippen MR) is 93.7 cm³/mol. The van der Waals surface area contributed by atoms with Gasteiger partial charge in [-0.1, -0.05) is 30.0 Å². The van der Waals surface area contributed by atoms with E-state index in [0.29, 0.717) is 33.7 Å². The number of benzene rings is 1. The number of thioether (sulfide) groups is 1. The van der Waals surface area contributed by atoms with Crippen LogP contribution < -0.4 is 9.47 Å². The van der Waals surface area contributed by atoms with Crippen molar-refractivity contribution in [1.82, 2.24) is 4.90 Å². The molecule has 0 unspecified atom stereocenters. The Morgan fingerprint density at radius 1 is 1.42 bits per heavy atom. The Bertz CT molecular complexity index is 731. The fraction of sp³-hybridized carbons (Fsp3) is 0.312. The van der Waals surface area contributed by atoms with Crippen molar-refractivity contribution >= 4 is 46.3 Å². The van der Waals surface area contributed by atoms with E-state index in [-0.39, 0.29) is 25.1 Å². The van der Waals surface area contributed by atoms with E-state index in [9.17, 15) is 9.59 Å². The number of fused-ring (bicyclic) bond motifs is 1. The molecule has 1 aromatic rings. The normalized spacial score (nSPS) is 17.7. The molecule has 6 nitrogen and oxygen atoms in total. The summed E-state index contributed by atoms with van der Waals surface area (Å²) in [6, 6.07) is 5.49. The van der Waals surface area contributed by atoms with Crippen molar-refractivity contribution < 1.29 is 23.8 Å². The van der Waals surface area contributed by atoms with Crippen LogP contribution in [0.4, 0.5) is 0 Å². The standard InChI is InChI=1S/C16H15NO5S2/c1-20-14(18)3-2-6-17-15(19)13(24-16(17)23)8-10-4-5-11-12(7-10)22-9-21-11/h4-5,7-8H,2-3,6,9H2,1H3/b13-8+. The molecule has 1 amide bonds. The largest absolute Gasteiger partial charge is 0.469 e. The molecule has 1 saturated heterocycles. The molecule has 126 valence electrons. The molecule has 2 aliphatic rings. The van der Waals surface area contributed by atoms with Gasteiger partial charge in [0.2, 0.25) is 6.79 Å². The highest BCUT2D eigenvalue weighted by atomic mass is 32.2. The number of thiocarbonyl (C=S) groups is 1. The summed E-state index contributed by atoms with van der Waals surface area (Å²) in [5, 5.41) is 0. The van der Waals surface area contributed by atoms with Crippen molar-refractivity contribution in [3.63, 3.8) is 0 Å². The number of ether oxygens (including phenoxy) is 3. The molecule has 0 atom stereocenters. The van der Waals surface area contributed by atoms with Gasteiger partial charge in [0, 0.05) is 13.0 Å². The summed E-state index contributed by atoms with van der Waals surface area (Å²) in [5.41, 5.74) is 0.842. The van der Waals surface area contributed by atoms with E-state index >= 15 is 0 Å². The van der Waals surface area contributed by atoms with Crippen molar-refractivity contribution in [2.24, 2.45) is 0 Å². The summed E-state index contributed by atoms with van der Waals surface area (Å²) < 4.78 is 15.7. The van der Waals surface area contributed by atoms with Crippen LogP contribution in [0.5, 0.6) is 11.5 Å². The highest BCUT2D eigenvalue weighted by molar-refractivity contribution is 8.26. The van der Waals surface area contributed by atoms with Crippen LogP contribution in [0.25, 0.3) is 6.08 Å². The second-order valence-corrected chi connectivity index (χ2v) is 6.80. The first kappa shape index (κ1) is 16.8. The van der Waals surface area contributed by atoms with Gasteiger partial charge in [-0.3, -0.25) is 14.5 Å². The third kappa shape index (κ3) is 3.54. The molecule has 0 N–H and O–H groups in total. The number of nitrogens with zero attached hydrogens (tertiary/aromatic N) is 1. The second kappa shape index (κ2) is 7.23. The van der Waals surface area contributed by atoms with Crippen LogP contribution in [-0.2, 0) is 14.3 Å². The number of hydrogen-bond acceptors (Lipinski definition) is 7. The Morgan fingerprint density at radius 3 is 3.00 bits per heavy atom. The van der Waals surface area contributed by atoms with Gasteiger partial charge in [-0.2, -0.15) is 0 Å². The summed E-state index contributed by atoms with van der Waals surface area (Å²) in [6.45, 7) is 0.610. The Kier molecular flexibility index (Phi) is 5.06. The van der Waals surface area contributed by atoms with Crippen molar-refractivity contribution in [3.8, 4) is 11.5 Å². The lowest BCUT2D eigenvalue weighted by atomic mass is 10.2. The Hall–Kier alpha value is -2.06. The minimum atomic E-state index is -0.295. The molecule has 3 rings (SSSR count). The SMILES string of the molecule is COC(=O)CCCN1C(=O)/C(=C\c2ccc3c(c2)OCO3)SC1=S. The summed E-state index contributed by atoms with van der Waals surface area (Å²) in [7, 11) is 1.34. The number of carbonyl (C=O) groups is 2. The minimum Gasteiger partial charge on any atom is -0.469 e. The van der Waals surface area contributed by atoms with E-state index in [0.717, 1.165) is 5.56 Å². The van der Waals surface area contributed by atoms with Gasteiger partial charge < -0.3 is 14.2 Å². The van der Waals surface area contributed by atoms with E-state index in [1.807, 2.05) is 18.2 Å². The van der Waals surface area contributed by atoms with E-state index in [1.54, 1.807) is 6.08 Å². The average Bonchev–Trinajstić information content (AvgIpc) is 3.14. The Balaban J connectivity index is 1.68. The number of methoxy groups -OCH3 is 1. The van der Waals surface area contributed by atoms with Gasteiger partial charge >= 0.3 is 5.97 Å². The molecule has 0 spiro atoms. The molecular formula is C16H15NO5S2. The molecule has 0 bridgehead atoms. The second-order valence-electron chi connectivity index (χ2n) is 5.13. The molecule has 0 saturated carbocycles. The fourth-order valence-electron chi connectivity index (χ4n) is 2.33. The first-order chi connectivity index (χ1) is 11.6. The van der Waals surface area contributed by atoms with E-state index in [4.69, 9.17) is 21.7 Å². The van der Waals surface area contributed by atoms with Crippen molar-refractivity contribution in [3.05, 3.63) is 28.7 Å². The predicted octanol–water partition coefficient (Wildman–Crippen LogP) is 2.57. The van der Waals surface area contributed by atoms with Crippen LogP contribution >= 0.6 is 24.0 Å². The zero-order valence-electron chi connectivity index (χ0n) is 12.9. The monoisotopic (exact) mass is 365 g/mol. The van der Waals surface area contributed by atoms with Gasteiger partial charge in [0.15, 0.2) is 11.5 Å². The van der Waals surface area contributed by atoms with E-state index in [1.165, 1.54) is 23.8 Å². The number of hydrogen-bond donors (Lipinski definition) is 0. The summed E-state index contributed by atoms with van der Waals surface area (Å²) in [6.07, 6.45) is 2.55. The van der Waals surface area contributed by atoms with E-state index < -0.39 is 0 Å².